The van der Waals surface area contributed by atoms with Crippen molar-refractivity contribution in [3.63, 3.8) is 0 Å². The average molecular weight is 670 g/mol. The van der Waals surface area contributed by atoms with Gasteiger partial charge in [0.2, 0.25) is 0 Å². The van der Waals surface area contributed by atoms with Gasteiger partial charge in [0.05, 0.1) is 39.9 Å². The Hall–Kier alpha value is -2.34. The fraction of sp³-hybridized carbons (Fsp3) is 0. The van der Waals surface area contributed by atoms with Crippen molar-refractivity contribution in [1.82, 2.24) is 9.80 Å². The lowest BCUT2D eigenvalue weighted by atomic mass is 10.0. The van der Waals surface area contributed by atoms with E-state index in [2.05, 4.69) is 56.1 Å². The number of hydrogen-bond acceptors (Lipinski definition) is 6. The minimum atomic E-state index is -0.142. The lowest BCUT2D eigenvalue weighted by molar-refractivity contribution is -0.122. The lowest BCUT2D eigenvalue weighted by Gasteiger charge is -2.24. The Balaban J connectivity index is 1.33. The van der Waals surface area contributed by atoms with Gasteiger partial charge < -0.3 is 0 Å². The number of amides is 2. The number of carbonyl (C=O) groups is 2. The highest BCUT2D eigenvalue weighted by Gasteiger charge is 2.50. The Kier molecular flexibility index (Phi) is 4.58. The van der Waals surface area contributed by atoms with E-state index in [4.69, 9.17) is 0 Å². The zero-order valence-corrected chi connectivity index (χ0v) is 24.3. The third-order valence-electron chi connectivity index (χ3n) is 6.46. The second kappa shape index (κ2) is 7.59. The maximum Gasteiger partial charge on any atom is 0.265 e. The first-order valence-electron chi connectivity index (χ1n) is 10.8. The van der Waals surface area contributed by atoms with E-state index >= 15 is 0 Å². The van der Waals surface area contributed by atoms with Gasteiger partial charge in [-0.2, -0.15) is 0 Å². The molecule has 0 unspecified atom stereocenters. The van der Waals surface area contributed by atoms with E-state index in [9.17, 15) is 9.59 Å². The fourth-order valence-corrected chi connectivity index (χ4v) is 10.3. The first-order chi connectivity index (χ1) is 17.5. The SMILES string of the molecule is O=C1C2=C3c4sc(-c5ccc(Br)s5)cc4C=CN3C(=O)C2=C2c3sc(-c4ccc(Br)s4)cc3C=CN12. The molecule has 174 valence electrons. The summed E-state index contributed by atoms with van der Waals surface area (Å²) in [5.41, 5.74) is 4.50. The molecule has 0 aliphatic carbocycles. The van der Waals surface area contributed by atoms with Gasteiger partial charge in [-0.05, 0) is 91.5 Å². The third kappa shape index (κ3) is 2.88. The molecule has 4 aliphatic heterocycles. The number of thiophene rings is 4. The molecular weight excluding hydrogens is 660 g/mol. The Labute approximate surface area is 238 Å². The molecule has 0 saturated carbocycles. The molecule has 0 bridgehead atoms. The van der Waals surface area contributed by atoms with Crippen molar-refractivity contribution in [3.8, 4) is 19.5 Å². The number of halogens is 2. The van der Waals surface area contributed by atoms with Gasteiger partial charge in [0, 0.05) is 31.9 Å². The van der Waals surface area contributed by atoms with E-state index in [-0.39, 0.29) is 11.8 Å². The fourth-order valence-electron chi connectivity index (χ4n) is 4.94. The Morgan fingerprint density at radius 3 is 1.42 bits per heavy atom. The molecule has 8 heterocycles. The summed E-state index contributed by atoms with van der Waals surface area (Å²) >= 11 is 13.7. The van der Waals surface area contributed by atoms with Crippen LogP contribution in [-0.4, -0.2) is 21.6 Å². The number of fused-ring (bicyclic) bond motifs is 7. The van der Waals surface area contributed by atoms with Crippen LogP contribution in [0.3, 0.4) is 0 Å². The van der Waals surface area contributed by atoms with Crippen LogP contribution in [0.5, 0.6) is 0 Å². The van der Waals surface area contributed by atoms with Gasteiger partial charge in [0.25, 0.3) is 11.8 Å². The van der Waals surface area contributed by atoms with Crippen molar-refractivity contribution in [2.45, 2.75) is 0 Å². The van der Waals surface area contributed by atoms with Gasteiger partial charge in [0.1, 0.15) is 0 Å². The molecule has 0 radical (unpaired) electrons. The summed E-state index contributed by atoms with van der Waals surface area (Å²) in [5.74, 6) is -0.284. The molecule has 0 aromatic carbocycles. The topological polar surface area (TPSA) is 40.6 Å². The molecule has 8 rings (SSSR count). The van der Waals surface area contributed by atoms with Gasteiger partial charge in [-0.1, -0.05) is 0 Å². The third-order valence-corrected chi connectivity index (χ3v) is 12.4. The Morgan fingerprint density at radius 1 is 0.583 bits per heavy atom. The minimum absolute atomic E-state index is 0.142. The van der Waals surface area contributed by atoms with Crippen molar-refractivity contribution in [3.05, 3.63) is 88.4 Å². The first-order valence-corrected chi connectivity index (χ1v) is 15.7. The average Bonchev–Trinajstić information content (AvgIpc) is 3.67. The molecule has 36 heavy (non-hydrogen) atoms. The molecule has 0 atom stereocenters. The smallest absolute Gasteiger partial charge is 0.265 e. The molecule has 10 heteroatoms. The van der Waals surface area contributed by atoms with Gasteiger partial charge in [-0.25, -0.2) is 0 Å². The van der Waals surface area contributed by atoms with Crippen LogP contribution in [0.2, 0.25) is 0 Å². The summed E-state index contributed by atoms with van der Waals surface area (Å²) in [6.45, 7) is 0. The van der Waals surface area contributed by atoms with E-state index in [0.717, 1.165) is 48.0 Å². The predicted molar refractivity (Wildman–Crippen MR) is 156 cm³/mol. The highest BCUT2D eigenvalue weighted by atomic mass is 79.9. The van der Waals surface area contributed by atoms with Gasteiger partial charge in [0.15, 0.2) is 0 Å². The lowest BCUT2D eigenvalue weighted by Crippen LogP contribution is -2.25. The maximum absolute atomic E-state index is 13.8. The molecular formula is C26H10Br2N2O2S4. The standard InChI is InChI=1S/C26H10Br2N2O2S4/c27-17-3-1-13(33-17)15-9-11-5-7-29-21(23(11)35-15)19-20(26(29)32)22-24-12(6-8-30(22)25(19)31)10-16(36-24)14-2-4-18(28)34-14/h1-10H. The highest BCUT2D eigenvalue weighted by molar-refractivity contribution is 9.11. The molecule has 4 aromatic heterocycles. The summed E-state index contributed by atoms with van der Waals surface area (Å²) in [6.07, 6.45) is 7.55. The van der Waals surface area contributed by atoms with Crippen LogP contribution in [0.25, 0.3) is 43.1 Å². The first kappa shape index (κ1) is 21.7. The van der Waals surface area contributed by atoms with E-state index in [1.165, 1.54) is 0 Å². The quantitative estimate of drug-likeness (QED) is 0.215. The molecule has 4 aliphatic rings. The number of rotatable bonds is 2. The normalized spacial score (nSPS) is 17.3. The molecule has 0 fully saturated rings. The molecule has 0 N–H and O–H groups in total. The zero-order chi connectivity index (χ0) is 24.3. The minimum Gasteiger partial charge on any atom is -0.281 e. The van der Waals surface area contributed by atoms with Crippen LogP contribution in [0.4, 0.5) is 0 Å². The van der Waals surface area contributed by atoms with Crippen molar-refractivity contribution >= 4 is 113 Å². The highest BCUT2D eigenvalue weighted by Crippen LogP contribution is 2.54. The largest absolute Gasteiger partial charge is 0.281 e. The summed E-state index contributed by atoms with van der Waals surface area (Å²) in [5, 5.41) is 0. The van der Waals surface area contributed by atoms with Crippen LogP contribution >= 0.6 is 77.2 Å². The van der Waals surface area contributed by atoms with E-state index in [0.29, 0.717) is 22.5 Å². The monoisotopic (exact) mass is 668 g/mol. The zero-order valence-electron chi connectivity index (χ0n) is 17.9. The Bertz CT molecular complexity index is 1690. The van der Waals surface area contributed by atoms with Gasteiger partial charge in [-0.3, -0.25) is 19.4 Å². The molecule has 2 amide bonds. The van der Waals surface area contributed by atoms with E-state index in [1.807, 2.05) is 24.3 Å². The van der Waals surface area contributed by atoms with Crippen LogP contribution in [0.15, 0.2) is 67.5 Å². The van der Waals surface area contributed by atoms with Crippen molar-refractivity contribution in [2.75, 3.05) is 0 Å². The van der Waals surface area contributed by atoms with Crippen molar-refractivity contribution < 1.29 is 9.59 Å². The molecule has 4 nitrogen and oxygen atoms in total. The Morgan fingerprint density at radius 2 is 1.03 bits per heavy atom. The predicted octanol–water partition coefficient (Wildman–Crippen LogP) is 8.57. The van der Waals surface area contributed by atoms with Crippen LogP contribution in [-0.2, 0) is 9.59 Å². The molecule has 0 spiro atoms. The van der Waals surface area contributed by atoms with Crippen LogP contribution in [0.1, 0.15) is 20.9 Å². The van der Waals surface area contributed by atoms with Gasteiger partial charge in [-0.15, -0.1) is 45.3 Å². The summed E-state index contributed by atoms with van der Waals surface area (Å²) in [4.78, 5) is 37.3. The van der Waals surface area contributed by atoms with Crippen molar-refractivity contribution in [2.24, 2.45) is 0 Å². The molecule has 0 saturated heterocycles. The van der Waals surface area contributed by atoms with E-state index in [1.54, 1.807) is 67.5 Å². The van der Waals surface area contributed by atoms with E-state index < -0.39 is 0 Å². The number of carbonyl (C=O) groups excluding carboxylic acids is 2. The number of hydrogen-bond donors (Lipinski definition) is 0. The summed E-state index contributed by atoms with van der Waals surface area (Å²) in [6, 6.07) is 12.5. The summed E-state index contributed by atoms with van der Waals surface area (Å²) < 4.78 is 2.14. The number of nitrogens with zero attached hydrogens (tertiary/aromatic N) is 2. The summed E-state index contributed by atoms with van der Waals surface area (Å²) in [7, 11) is 0. The van der Waals surface area contributed by atoms with Crippen LogP contribution in [0, 0.1) is 0 Å². The maximum atomic E-state index is 13.8. The second-order valence-corrected chi connectivity index (χ2v) is 15.5. The van der Waals surface area contributed by atoms with Crippen LogP contribution < -0.4 is 0 Å². The second-order valence-electron chi connectivity index (χ2n) is 8.43. The molecule has 4 aromatic rings. The van der Waals surface area contributed by atoms with Gasteiger partial charge >= 0.3 is 0 Å². The van der Waals surface area contributed by atoms with Crippen molar-refractivity contribution in [1.29, 1.82) is 0 Å².